The highest BCUT2D eigenvalue weighted by Gasteiger charge is 2.37. The summed E-state index contributed by atoms with van der Waals surface area (Å²) in [5.41, 5.74) is 2.53. The Balaban J connectivity index is 2.18. The smallest absolute Gasteiger partial charge is 0.256 e. The first-order valence-corrected chi connectivity index (χ1v) is 7.10. The van der Waals surface area contributed by atoms with Crippen LogP contribution in [0.1, 0.15) is 30.9 Å². The predicted molar refractivity (Wildman–Crippen MR) is 80.8 cm³/mol. The Morgan fingerprint density at radius 1 is 1.45 bits per heavy atom. The topological polar surface area (TPSA) is 41.6 Å². The number of benzene rings is 1. The van der Waals surface area contributed by atoms with Crippen molar-refractivity contribution in [1.29, 1.82) is 0 Å². The lowest BCUT2D eigenvalue weighted by Gasteiger charge is -2.23. The van der Waals surface area contributed by atoms with Gasteiger partial charge in [0.15, 0.2) is 0 Å². The Morgan fingerprint density at radius 2 is 2.20 bits per heavy atom. The molecular weight excluding hydrogens is 252 g/mol. The van der Waals surface area contributed by atoms with Crippen LogP contribution < -0.4 is 5.32 Å². The number of rotatable bonds is 4. The second-order valence-electron chi connectivity index (χ2n) is 6.04. The Morgan fingerprint density at radius 3 is 2.80 bits per heavy atom. The zero-order chi connectivity index (χ0) is 14.8. The number of nitrogens with zero attached hydrogens (tertiary/aromatic N) is 1. The van der Waals surface area contributed by atoms with Crippen molar-refractivity contribution in [2.24, 2.45) is 0 Å². The molecular formula is C16H24N2O2. The predicted octanol–water partition coefficient (Wildman–Crippen LogP) is 2.56. The lowest BCUT2D eigenvalue weighted by Crippen LogP contribution is -2.39. The molecule has 1 heterocycles. The number of carbonyl (C=O) groups is 1. The zero-order valence-electron chi connectivity index (χ0n) is 12.8. The molecule has 1 N–H and O–H groups in total. The first-order valence-electron chi connectivity index (χ1n) is 7.10. The average Bonchev–Trinajstić information content (AvgIpc) is 2.80. The zero-order valence-corrected chi connectivity index (χ0v) is 12.8. The molecule has 4 nitrogen and oxygen atoms in total. The van der Waals surface area contributed by atoms with Gasteiger partial charge in [-0.05, 0) is 52.4 Å². The summed E-state index contributed by atoms with van der Waals surface area (Å²) >= 11 is 0. The van der Waals surface area contributed by atoms with E-state index in [1.54, 1.807) is 0 Å². The Kier molecular flexibility index (Phi) is 4.45. The highest BCUT2D eigenvalue weighted by molar-refractivity contribution is 5.97. The Bertz CT molecular complexity index is 491. The lowest BCUT2D eigenvalue weighted by molar-refractivity contribution is -0.133. The van der Waals surface area contributed by atoms with Crippen LogP contribution in [-0.4, -0.2) is 37.1 Å². The minimum absolute atomic E-state index is 0.0427. The van der Waals surface area contributed by atoms with Crippen LogP contribution in [0.25, 0.3) is 0 Å². The maximum absolute atomic E-state index is 12.4. The van der Waals surface area contributed by atoms with E-state index in [-0.39, 0.29) is 5.91 Å². The molecule has 0 bridgehead atoms. The number of carbonyl (C=O) groups excluding carboxylic acids is 1. The molecule has 4 heteroatoms. The second-order valence-corrected chi connectivity index (χ2v) is 6.04. The Hall–Kier alpha value is -1.39. The van der Waals surface area contributed by atoms with Crippen molar-refractivity contribution in [3.63, 3.8) is 0 Å². The number of aryl methyl sites for hydroxylation is 1. The summed E-state index contributed by atoms with van der Waals surface area (Å²) in [6, 6.07) is 6.12. The van der Waals surface area contributed by atoms with Gasteiger partial charge < -0.3 is 15.0 Å². The number of hydrogen-bond donors (Lipinski definition) is 1. The van der Waals surface area contributed by atoms with E-state index < -0.39 is 5.60 Å². The van der Waals surface area contributed by atoms with E-state index in [4.69, 9.17) is 4.74 Å². The molecule has 0 radical (unpaired) electrons. The number of anilines is 1. The SMILES string of the molecule is Cc1ccc(NC(=O)C2(C)CCCO2)c(CN(C)C)c1. The number of amides is 1. The molecule has 110 valence electrons. The van der Waals surface area contributed by atoms with Gasteiger partial charge in [-0.3, -0.25) is 4.79 Å². The minimum atomic E-state index is -0.680. The molecule has 2 rings (SSSR count). The van der Waals surface area contributed by atoms with Crippen molar-refractivity contribution in [1.82, 2.24) is 4.90 Å². The van der Waals surface area contributed by atoms with Gasteiger partial charge in [0.25, 0.3) is 5.91 Å². The third kappa shape index (κ3) is 3.38. The van der Waals surface area contributed by atoms with Gasteiger partial charge in [0.2, 0.25) is 0 Å². The first kappa shape index (κ1) is 15.0. The van der Waals surface area contributed by atoms with E-state index in [0.29, 0.717) is 6.61 Å². The molecule has 1 aliphatic rings. The molecule has 0 aromatic heterocycles. The van der Waals surface area contributed by atoms with Crippen LogP contribution in [0.4, 0.5) is 5.69 Å². The van der Waals surface area contributed by atoms with Crippen molar-refractivity contribution in [2.45, 2.75) is 38.8 Å². The van der Waals surface area contributed by atoms with Crippen LogP contribution in [-0.2, 0) is 16.1 Å². The molecule has 1 saturated heterocycles. The average molecular weight is 276 g/mol. The van der Waals surface area contributed by atoms with Crippen molar-refractivity contribution in [3.05, 3.63) is 29.3 Å². The summed E-state index contributed by atoms with van der Waals surface area (Å²) in [4.78, 5) is 14.5. The Labute approximate surface area is 121 Å². The van der Waals surface area contributed by atoms with E-state index >= 15 is 0 Å². The molecule has 1 fully saturated rings. The molecule has 0 spiro atoms. The monoisotopic (exact) mass is 276 g/mol. The molecule has 0 aliphatic carbocycles. The highest BCUT2D eigenvalue weighted by Crippen LogP contribution is 2.28. The van der Waals surface area contributed by atoms with Crippen molar-refractivity contribution >= 4 is 11.6 Å². The van der Waals surface area contributed by atoms with Crippen LogP contribution in [0.5, 0.6) is 0 Å². The number of nitrogens with one attached hydrogen (secondary N) is 1. The van der Waals surface area contributed by atoms with Gasteiger partial charge >= 0.3 is 0 Å². The van der Waals surface area contributed by atoms with E-state index in [9.17, 15) is 4.79 Å². The molecule has 1 aromatic carbocycles. The molecule has 0 saturated carbocycles. The van der Waals surface area contributed by atoms with Crippen LogP contribution in [0, 0.1) is 6.92 Å². The molecule has 1 unspecified atom stereocenters. The van der Waals surface area contributed by atoms with Gasteiger partial charge in [-0.25, -0.2) is 0 Å². The van der Waals surface area contributed by atoms with Crippen molar-refractivity contribution < 1.29 is 9.53 Å². The molecule has 1 amide bonds. The molecule has 1 aromatic rings. The second kappa shape index (κ2) is 5.94. The van der Waals surface area contributed by atoms with E-state index in [0.717, 1.165) is 30.6 Å². The minimum Gasteiger partial charge on any atom is -0.365 e. The van der Waals surface area contributed by atoms with Crippen LogP contribution >= 0.6 is 0 Å². The molecule has 1 atom stereocenters. The van der Waals surface area contributed by atoms with Gasteiger partial charge in [0, 0.05) is 18.8 Å². The number of hydrogen-bond acceptors (Lipinski definition) is 3. The van der Waals surface area contributed by atoms with E-state index in [2.05, 4.69) is 23.2 Å². The maximum Gasteiger partial charge on any atom is 0.256 e. The van der Waals surface area contributed by atoms with Gasteiger partial charge in [-0.1, -0.05) is 17.7 Å². The van der Waals surface area contributed by atoms with Gasteiger partial charge in [0.1, 0.15) is 5.60 Å². The fraction of sp³-hybridized carbons (Fsp3) is 0.562. The lowest BCUT2D eigenvalue weighted by atomic mass is 10.0. The largest absolute Gasteiger partial charge is 0.365 e. The summed E-state index contributed by atoms with van der Waals surface area (Å²) in [5, 5.41) is 3.03. The fourth-order valence-corrected chi connectivity index (χ4v) is 2.53. The summed E-state index contributed by atoms with van der Waals surface area (Å²) in [6.45, 7) is 5.40. The van der Waals surface area contributed by atoms with E-state index in [1.807, 2.05) is 33.2 Å². The first-order chi connectivity index (χ1) is 9.40. The molecule has 1 aliphatic heterocycles. The van der Waals surface area contributed by atoms with Gasteiger partial charge in [-0.2, -0.15) is 0 Å². The summed E-state index contributed by atoms with van der Waals surface area (Å²) in [7, 11) is 4.05. The summed E-state index contributed by atoms with van der Waals surface area (Å²) in [5.74, 6) is -0.0427. The maximum atomic E-state index is 12.4. The quantitative estimate of drug-likeness (QED) is 0.919. The fourth-order valence-electron chi connectivity index (χ4n) is 2.53. The highest BCUT2D eigenvalue weighted by atomic mass is 16.5. The van der Waals surface area contributed by atoms with Gasteiger partial charge in [0.05, 0.1) is 0 Å². The third-order valence-electron chi connectivity index (χ3n) is 3.69. The standard InChI is InChI=1S/C16H24N2O2/c1-12-6-7-14(13(10-12)11-18(3)4)17-15(19)16(2)8-5-9-20-16/h6-7,10H,5,8-9,11H2,1-4H3,(H,17,19). The summed E-state index contributed by atoms with van der Waals surface area (Å²) in [6.07, 6.45) is 1.73. The van der Waals surface area contributed by atoms with Crippen molar-refractivity contribution in [3.8, 4) is 0 Å². The van der Waals surface area contributed by atoms with Gasteiger partial charge in [-0.15, -0.1) is 0 Å². The van der Waals surface area contributed by atoms with Crippen molar-refractivity contribution in [2.75, 3.05) is 26.0 Å². The third-order valence-corrected chi connectivity index (χ3v) is 3.69. The van der Waals surface area contributed by atoms with Crippen LogP contribution in [0.15, 0.2) is 18.2 Å². The van der Waals surface area contributed by atoms with Crippen LogP contribution in [0.3, 0.4) is 0 Å². The van der Waals surface area contributed by atoms with Crippen LogP contribution in [0.2, 0.25) is 0 Å². The number of ether oxygens (including phenoxy) is 1. The van der Waals surface area contributed by atoms with E-state index in [1.165, 1.54) is 5.56 Å². The summed E-state index contributed by atoms with van der Waals surface area (Å²) < 4.78 is 5.60. The molecule has 20 heavy (non-hydrogen) atoms. The normalized spacial score (nSPS) is 22.2.